The van der Waals surface area contributed by atoms with E-state index in [9.17, 15) is 0 Å². The summed E-state index contributed by atoms with van der Waals surface area (Å²) in [5.41, 5.74) is 5.51. The highest BCUT2D eigenvalue weighted by atomic mass is 15.1. The highest BCUT2D eigenvalue weighted by molar-refractivity contribution is 6.14. The maximum atomic E-state index is 5.07. The SMILES string of the molecule is c1ccc(-n2c3ccccc3c3ccc(-c4cc5cc(c4)c4cccc6ccc(cc64)c4cccc(c4)c4cccc6cnc5cc64)cc32)nc1. The molecule has 8 bridgehead atoms. The molecular formula is C48H29N3. The maximum Gasteiger partial charge on any atom is 0.137 e. The molecule has 51 heavy (non-hydrogen) atoms. The van der Waals surface area contributed by atoms with Gasteiger partial charge in [0.2, 0.25) is 0 Å². The molecule has 3 heterocycles. The molecule has 3 heteroatoms. The van der Waals surface area contributed by atoms with E-state index in [0.29, 0.717) is 0 Å². The van der Waals surface area contributed by atoms with Crippen LogP contribution < -0.4 is 0 Å². The van der Waals surface area contributed by atoms with Gasteiger partial charge in [-0.2, -0.15) is 0 Å². The number of aromatic nitrogens is 3. The van der Waals surface area contributed by atoms with Crippen molar-refractivity contribution >= 4 is 86.6 Å². The van der Waals surface area contributed by atoms with E-state index in [1.165, 1.54) is 53.9 Å². The largest absolute Gasteiger partial charge is 0.294 e. The first-order valence-corrected chi connectivity index (χ1v) is 17.4. The molecule has 11 aromatic rings. The minimum absolute atomic E-state index is 0.907. The Hall–Kier alpha value is -6.84. The van der Waals surface area contributed by atoms with Crippen LogP contribution in [0, 0.1) is 0 Å². The molecule has 0 aliphatic carbocycles. The molecule has 0 aliphatic rings. The monoisotopic (exact) mass is 647 g/mol. The van der Waals surface area contributed by atoms with E-state index in [1.807, 2.05) is 18.5 Å². The molecule has 0 saturated heterocycles. The van der Waals surface area contributed by atoms with Crippen molar-refractivity contribution in [3.8, 4) is 16.9 Å². The van der Waals surface area contributed by atoms with Crippen LogP contribution in [-0.2, 0) is 0 Å². The fourth-order valence-corrected chi connectivity index (χ4v) is 8.13. The van der Waals surface area contributed by atoms with E-state index in [2.05, 4.69) is 162 Å². The first-order valence-electron chi connectivity index (χ1n) is 17.4. The lowest BCUT2D eigenvalue weighted by Gasteiger charge is -2.10. The molecule has 0 saturated carbocycles. The average molecular weight is 648 g/mol. The van der Waals surface area contributed by atoms with Gasteiger partial charge in [-0.1, -0.05) is 103 Å². The smallest absolute Gasteiger partial charge is 0.137 e. The van der Waals surface area contributed by atoms with Gasteiger partial charge in [0.05, 0.1) is 16.6 Å². The van der Waals surface area contributed by atoms with E-state index < -0.39 is 0 Å². The zero-order valence-corrected chi connectivity index (χ0v) is 27.6. The summed E-state index contributed by atoms with van der Waals surface area (Å²) in [6, 6.07) is 59.7. The van der Waals surface area contributed by atoms with Crippen LogP contribution in [0.15, 0.2) is 176 Å². The standard InChI is InChI=1S/C48H29N3/c1-2-15-46-41(12-1)42-20-19-33(27-47(42)51(46)48-16-3-4-21-49-48)36-23-37-25-38(24-36)45-28-44-35(29-50-45)11-7-13-39(44)34-10-5-9-31(22-34)32-18-17-30-8-6-14-40(37)43(30)26-32/h1-29H. The van der Waals surface area contributed by atoms with Crippen molar-refractivity contribution in [2.75, 3.05) is 0 Å². The van der Waals surface area contributed by atoms with Crippen LogP contribution in [0.5, 0.6) is 0 Å². The van der Waals surface area contributed by atoms with Crippen molar-refractivity contribution in [2.45, 2.75) is 0 Å². The van der Waals surface area contributed by atoms with Gasteiger partial charge >= 0.3 is 0 Å². The molecule has 0 atom stereocenters. The van der Waals surface area contributed by atoms with Crippen molar-refractivity contribution < 1.29 is 0 Å². The third kappa shape index (κ3) is 4.38. The van der Waals surface area contributed by atoms with Crippen LogP contribution in [0.4, 0.5) is 0 Å². The molecule has 0 radical (unpaired) electrons. The van der Waals surface area contributed by atoms with E-state index in [-0.39, 0.29) is 0 Å². The van der Waals surface area contributed by atoms with Gasteiger partial charge in [0.1, 0.15) is 5.82 Å². The second-order valence-electron chi connectivity index (χ2n) is 13.5. The summed E-state index contributed by atoms with van der Waals surface area (Å²) in [6.07, 6.45) is 3.89. The Balaban J connectivity index is 1.30. The van der Waals surface area contributed by atoms with Gasteiger partial charge in [-0.3, -0.25) is 9.55 Å². The third-order valence-corrected chi connectivity index (χ3v) is 10.6. The number of pyridine rings is 2. The molecule has 0 spiro atoms. The number of hydrogen-bond acceptors (Lipinski definition) is 2. The number of hydrogen-bond donors (Lipinski definition) is 0. The van der Waals surface area contributed by atoms with Crippen molar-refractivity contribution in [3.63, 3.8) is 0 Å². The van der Waals surface area contributed by atoms with E-state index in [0.717, 1.165) is 49.7 Å². The number of fused-ring (bicyclic) bond motifs is 13. The molecule has 0 fully saturated rings. The number of benzene rings is 7. The molecule has 3 nitrogen and oxygen atoms in total. The number of nitrogens with zero attached hydrogens (tertiary/aromatic N) is 3. The van der Waals surface area contributed by atoms with Crippen molar-refractivity contribution in [1.29, 1.82) is 0 Å². The fourth-order valence-electron chi connectivity index (χ4n) is 8.13. The minimum Gasteiger partial charge on any atom is -0.294 e. The van der Waals surface area contributed by atoms with Crippen LogP contribution in [-0.4, -0.2) is 14.5 Å². The highest BCUT2D eigenvalue weighted by Gasteiger charge is 2.14. The second-order valence-corrected chi connectivity index (χ2v) is 13.5. The first-order chi connectivity index (χ1) is 25.2. The summed E-state index contributed by atoms with van der Waals surface area (Å²) < 4.78 is 2.28. The lowest BCUT2D eigenvalue weighted by molar-refractivity contribution is 1.08. The van der Waals surface area contributed by atoms with Crippen LogP contribution in [0.3, 0.4) is 0 Å². The summed E-state index contributed by atoms with van der Waals surface area (Å²) >= 11 is 0. The van der Waals surface area contributed by atoms with E-state index in [4.69, 9.17) is 9.97 Å². The fraction of sp³-hybridized carbons (Fsp3) is 0. The van der Waals surface area contributed by atoms with Gasteiger partial charge in [-0.05, 0) is 120 Å². The molecule has 0 aliphatic heterocycles. The minimum atomic E-state index is 0.907. The predicted octanol–water partition coefficient (Wildman–Crippen LogP) is 12.7. The Labute approximate surface area is 293 Å². The average Bonchev–Trinajstić information content (AvgIpc) is 3.53. The summed E-state index contributed by atoms with van der Waals surface area (Å²) in [5, 5.41) is 15.5. The van der Waals surface area contributed by atoms with Crippen molar-refractivity contribution in [2.24, 2.45) is 0 Å². The zero-order chi connectivity index (χ0) is 33.5. The second kappa shape index (κ2) is 10.8. The molecule has 0 amide bonds. The molecule has 8 aromatic carbocycles. The zero-order valence-electron chi connectivity index (χ0n) is 27.6. The topological polar surface area (TPSA) is 30.7 Å². The predicted molar refractivity (Wildman–Crippen MR) is 216 cm³/mol. The lowest BCUT2D eigenvalue weighted by Crippen LogP contribution is -1.96. The molecule has 3 aromatic heterocycles. The lowest BCUT2D eigenvalue weighted by atomic mass is 9.96. The van der Waals surface area contributed by atoms with Crippen LogP contribution in [0.2, 0.25) is 0 Å². The molecule has 236 valence electrons. The highest BCUT2D eigenvalue weighted by Crippen LogP contribution is 2.37. The van der Waals surface area contributed by atoms with E-state index in [1.54, 1.807) is 0 Å². The number of rotatable bonds is 2. The quantitative estimate of drug-likeness (QED) is 0.187. The van der Waals surface area contributed by atoms with Gasteiger partial charge in [0.25, 0.3) is 0 Å². The van der Waals surface area contributed by atoms with Crippen LogP contribution >= 0.6 is 0 Å². The summed E-state index contributed by atoms with van der Waals surface area (Å²) in [5.74, 6) is 0.907. The van der Waals surface area contributed by atoms with E-state index >= 15 is 0 Å². The van der Waals surface area contributed by atoms with Gasteiger partial charge in [0, 0.05) is 33.9 Å². The molecule has 0 N–H and O–H groups in total. The van der Waals surface area contributed by atoms with Crippen LogP contribution in [0.25, 0.3) is 104 Å². The van der Waals surface area contributed by atoms with Gasteiger partial charge in [-0.25, -0.2) is 4.98 Å². The summed E-state index contributed by atoms with van der Waals surface area (Å²) in [4.78, 5) is 9.85. The van der Waals surface area contributed by atoms with Crippen LogP contribution in [0.1, 0.15) is 0 Å². The Bertz CT molecular complexity index is 3250. The normalized spacial score (nSPS) is 11.9. The Morgan fingerprint density at radius 2 is 1.02 bits per heavy atom. The molecule has 0 unspecified atom stereocenters. The van der Waals surface area contributed by atoms with Crippen molar-refractivity contribution in [1.82, 2.24) is 14.5 Å². The Morgan fingerprint density at radius 3 is 1.94 bits per heavy atom. The summed E-state index contributed by atoms with van der Waals surface area (Å²) in [7, 11) is 0. The molecule has 11 rings (SSSR count). The van der Waals surface area contributed by atoms with Crippen molar-refractivity contribution in [3.05, 3.63) is 176 Å². The number of para-hydroxylation sites is 1. The third-order valence-electron chi connectivity index (χ3n) is 10.6. The Kier molecular flexibility index (Phi) is 5.96. The van der Waals surface area contributed by atoms with Gasteiger partial charge in [-0.15, -0.1) is 0 Å². The molecular weight excluding hydrogens is 619 g/mol. The van der Waals surface area contributed by atoms with Gasteiger partial charge in [0.15, 0.2) is 0 Å². The maximum absolute atomic E-state index is 5.07. The summed E-state index contributed by atoms with van der Waals surface area (Å²) in [6.45, 7) is 0. The Morgan fingerprint density at radius 1 is 0.333 bits per heavy atom. The first kappa shape index (κ1) is 28.0. The van der Waals surface area contributed by atoms with Gasteiger partial charge < -0.3 is 0 Å².